The lowest BCUT2D eigenvalue weighted by atomic mass is 10.1. The second-order valence-corrected chi connectivity index (χ2v) is 6.37. The van der Waals surface area contributed by atoms with Crippen LogP contribution >= 0.6 is 0 Å². The Labute approximate surface area is 146 Å². The van der Waals surface area contributed by atoms with E-state index in [1.54, 1.807) is 0 Å². The van der Waals surface area contributed by atoms with Crippen LogP contribution in [0, 0.1) is 0 Å². The van der Waals surface area contributed by atoms with Crippen molar-refractivity contribution in [2.75, 3.05) is 19.8 Å². The van der Waals surface area contributed by atoms with Gasteiger partial charge in [-0.1, -0.05) is 25.1 Å². The van der Waals surface area contributed by atoms with Crippen LogP contribution in [0.2, 0.25) is 0 Å². The summed E-state index contributed by atoms with van der Waals surface area (Å²) in [5.41, 5.74) is 2.09. The first-order valence-electron chi connectivity index (χ1n) is 8.77. The SMILES string of the molecule is CCc1ccc([C@@H]2COCCN2C(=O)Cc2c[nH]c3ccccc23)o1. The molecule has 1 aromatic carbocycles. The number of aryl methyl sites for hydroxylation is 1. The summed E-state index contributed by atoms with van der Waals surface area (Å²) in [5.74, 6) is 1.85. The summed E-state index contributed by atoms with van der Waals surface area (Å²) in [7, 11) is 0. The summed E-state index contributed by atoms with van der Waals surface area (Å²) in [6.07, 6.45) is 3.15. The fraction of sp³-hybridized carbons (Fsp3) is 0.350. The monoisotopic (exact) mass is 338 g/mol. The Morgan fingerprint density at radius 2 is 2.16 bits per heavy atom. The largest absolute Gasteiger partial charge is 0.464 e. The van der Waals surface area contributed by atoms with Crippen LogP contribution in [0.1, 0.15) is 30.0 Å². The zero-order valence-electron chi connectivity index (χ0n) is 14.3. The molecule has 1 aliphatic rings. The Kier molecular flexibility index (Phi) is 4.32. The molecule has 5 heteroatoms. The van der Waals surface area contributed by atoms with Gasteiger partial charge < -0.3 is 19.0 Å². The lowest BCUT2D eigenvalue weighted by molar-refractivity contribution is -0.140. The second kappa shape index (κ2) is 6.76. The number of nitrogens with zero attached hydrogens (tertiary/aromatic N) is 1. The number of nitrogens with one attached hydrogen (secondary N) is 1. The van der Waals surface area contributed by atoms with Gasteiger partial charge in [-0.05, 0) is 23.8 Å². The van der Waals surface area contributed by atoms with Gasteiger partial charge in [0.2, 0.25) is 5.91 Å². The van der Waals surface area contributed by atoms with Crippen molar-refractivity contribution in [3.8, 4) is 0 Å². The number of hydrogen-bond acceptors (Lipinski definition) is 3. The Balaban J connectivity index is 1.56. The van der Waals surface area contributed by atoms with Crippen molar-refractivity contribution in [1.29, 1.82) is 0 Å². The molecule has 0 aliphatic carbocycles. The third-order valence-electron chi connectivity index (χ3n) is 4.82. The van der Waals surface area contributed by atoms with Crippen LogP contribution in [0.3, 0.4) is 0 Å². The van der Waals surface area contributed by atoms with Crippen molar-refractivity contribution >= 4 is 16.8 Å². The maximum Gasteiger partial charge on any atom is 0.227 e. The summed E-state index contributed by atoms with van der Waals surface area (Å²) < 4.78 is 11.5. The minimum Gasteiger partial charge on any atom is -0.464 e. The zero-order valence-corrected chi connectivity index (χ0v) is 14.3. The molecular formula is C20H22N2O3. The van der Waals surface area contributed by atoms with E-state index in [4.69, 9.17) is 9.15 Å². The van der Waals surface area contributed by atoms with Crippen LogP contribution in [-0.2, 0) is 22.4 Å². The third-order valence-corrected chi connectivity index (χ3v) is 4.82. The highest BCUT2D eigenvalue weighted by Gasteiger charge is 2.31. The molecule has 5 nitrogen and oxygen atoms in total. The van der Waals surface area contributed by atoms with Crippen LogP contribution in [0.15, 0.2) is 47.0 Å². The molecule has 2 aromatic heterocycles. The normalized spacial score (nSPS) is 18.0. The van der Waals surface area contributed by atoms with Crippen molar-refractivity contribution in [2.45, 2.75) is 25.8 Å². The minimum absolute atomic E-state index is 0.104. The van der Waals surface area contributed by atoms with Gasteiger partial charge in [0.05, 0.1) is 19.6 Å². The Hall–Kier alpha value is -2.53. The molecular weight excluding hydrogens is 316 g/mol. The van der Waals surface area contributed by atoms with Crippen molar-refractivity contribution in [1.82, 2.24) is 9.88 Å². The van der Waals surface area contributed by atoms with E-state index in [9.17, 15) is 4.79 Å². The molecule has 0 radical (unpaired) electrons. The summed E-state index contributed by atoms with van der Waals surface area (Å²) in [6, 6.07) is 11.9. The molecule has 3 aromatic rings. The quantitative estimate of drug-likeness (QED) is 0.792. The molecule has 1 amide bonds. The number of H-pyrrole nitrogens is 1. The molecule has 0 unspecified atom stereocenters. The molecule has 0 saturated carbocycles. The maximum absolute atomic E-state index is 13.0. The highest BCUT2D eigenvalue weighted by Crippen LogP contribution is 2.28. The standard InChI is InChI=1S/C20H22N2O3/c1-2-15-7-8-19(25-15)18-13-24-10-9-22(18)20(23)11-14-12-21-17-6-4-3-5-16(14)17/h3-8,12,18,21H,2,9-11,13H2,1H3/t18-/m0/s1. The van der Waals surface area contributed by atoms with Crippen molar-refractivity contribution in [3.05, 3.63) is 59.7 Å². The predicted octanol–water partition coefficient (Wildman–Crippen LogP) is 3.47. The fourth-order valence-electron chi connectivity index (χ4n) is 3.44. The minimum atomic E-state index is -0.147. The Bertz CT molecular complexity index is 880. The highest BCUT2D eigenvalue weighted by atomic mass is 16.5. The molecule has 25 heavy (non-hydrogen) atoms. The van der Waals surface area contributed by atoms with E-state index in [0.29, 0.717) is 26.2 Å². The van der Waals surface area contributed by atoms with Gasteiger partial charge in [0.25, 0.3) is 0 Å². The van der Waals surface area contributed by atoms with E-state index in [0.717, 1.165) is 34.4 Å². The lowest BCUT2D eigenvalue weighted by Crippen LogP contribution is -2.44. The number of para-hydroxylation sites is 1. The molecule has 1 N–H and O–H groups in total. The number of benzene rings is 1. The Morgan fingerprint density at radius 1 is 1.28 bits per heavy atom. The van der Waals surface area contributed by atoms with Crippen molar-refractivity contribution in [2.24, 2.45) is 0 Å². The number of amides is 1. The number of hydrogen-bond donors (Lipinski definition) is 1. The number of furan rings is 1. The average molecular weight is 338 g/mol. The van der Waals surface area contributed by atoms with Crippen LogP contribution in [0.5, 0.6) is 0 Å². The average Bonchev–Trinajstić information content (AvgIpc) is 3.29. The van der Waals surface area contributed by atoms with Crippen molar-refractivity contribution < 1.29 is 13.9 Å². The summed E-state index contributed by atoms with van der Waals surface area (Å²) in [6.45, 7) is 3.70. The van der Waals surface area contributed by atoms with Crippen molar-refractivity contribution in [3.63, 3.8) is 0 Å². The summed E-state index contributed by atoms with van der Waals surface area (Å²) in [4.78, 5) is 18.1. The van der Waals surface area contributed by atoms with E-state index in [2.05, 4.69) is 11.9 Å². The number of aromatic nitrogens is 1. The number of rotatable bonds is 4. The van der Waals surface area contributed by atoms with E-state index < -0.39 is 0 Å². The van der Waals surface area contributed by atoms with Gasteiger partial charge in [0.15, 0.2) is 0 Å². The first-order chi connectivity index (χ1) is 12.3. The van der Waals surface area contributed by atoms with Crippen LogP contribution < -0.4 is 0 Å². The number of aromatic amines is 1. The predicted molar refractivity (Wildman–Crippen MR) is 95.4 cm³/mol. The van der Waals surface area contributed by atoms with E-state index in [1.807, 2.05) is 47.5 Å². The van der Waals surface area contributed by atoms with Gasteiger partial charge in [-0.3, -0.25) is 4.79 Å². The van der Waals surface area contributed by atoms with Gasteiger partial charge >= 0.3 is 0 Å². The highest BCUT2D eigenvalue weighted by molar-refractivity contribution is 5.89. The number of fused-ring (bicyclic) bond motifs is 1. The number of ether oxygens (including phenoxy) is 1. The van der Waals surface area contributed by atoms with E-state index in [-0.39, 0.29) is 11.9 Å². The summed E-state index contributed by atoms with van der Waals surface area (Å²) in [5, 5.41) is 1.10. The molecule has 4 rings (SSSR count). The van der Waals surface area contributed by atoms with E-state index >= 15 is 0 Å². The molecule has 1 saturated heterocycles. The van der Waals surface area contributed by atoms with Crippen LogP contribution in [0.25, 0.3) is 10.9 Å². The lowest BCUT2D eigenvalue weighted by Gasteiger charge is -2.34. The molecule has 130 valence electrons. The molecule has 0 bridgehead atoms. The first-order valence-corrected chi connectivity index (χ1v) is 8.77. The smallest absolute Gasteiger partial charge is 0.227 e. The molecule has 3 heterocycles. The maximum atomic E-state index is 13.0. The number of carbonyl (C=O) groups is 1. The molecule has 1 fully saturated rings. The first kappa shape index (κ1) is 16.0. The molecule has 1 atom stereocenters. The van der Waals surface area contributed by atoms with Gasteiger partial charge in [-0.2, -0.15) is 0 Å². The third kappa shape index (κ3) is 3.07. The van der Waals surface area contributed by atoms with Gasteiger partial charge in [0.1, 0.15) is 17.6 Å². The van der Waals surface area contributed by atoms with Gasteiger partial charge in [-0.25, -0.2) is 0 Å². The van der Waals surface area contributed by atoms with Crippen LogP contribution in [-0.4, -0.2) is 35.5 Å². The summed E-state index contributed by atoms with van der Waals surface area (Å²) >= 11 is 0. The van der Waals surface area contributed by atoms with Gasteiger partial charge in [0, 0.05) is 30.1 Å². The number of morpholine rings is 1. The molecule has 0 spiro atoms. The fourth-order valence-corrected chi connectivity index (χ4v) is 3.44. The molecule has 1 aliphatic heterocycles. The van der Waals surface area contributed by atoms with E-state index in [1.165, 1.54) is 0 Å². The zero-order chi connectivity index (χ0) is 17.2. The van der Waals surface area contributed by atoms with Gasteiger partial charge in [-0.15, -0.1) is 0 Å². The van der Waals surface area contributed by atoms with Crippen LogP contribution in [0.4, 0.5) is 0 Å². The second-order valence-electron chi connectivity index (χ2n) is 6.37. The number of carbonyl (C=O) groups excluding carboxylic acids is 1. The topological polar surface area (TPSA) is 58.5 Å². The Morgan fingerprint density at radius 3 is 3.00 bits per heavy atom.